The van der Waals surface area contributed by atoms with Gasteiger partial charge >= 0.3 is 5.97 Å². The SMILES string of the molecule is CC1(C(=O)O)CCN(C(=O)COc2ccc(F)c(Cl)c2)C1. The smallest absolute Gasteiger partial charge is 0.311 e. The van der Waals surface area contributed by atoms with Gasteiger partial charge in [-0.2, -0.15) is 0 Å². The van der Waals surface area contributed by atoms with E-state index in [1.54, 1.807) is 6.92 Å². The molecule has 1 aliphatic rings. The number of ether oxygens (including phenoxy) is 1. The second-order valence-electron chi connectivity index (χ2n) is 5.30. The molecule has 114 valence electrons. The number of amides is 1. The molecule has 0 saturated carbocycles. The zero-order chi connectivity index (χ0) is 15.6. The van der Waals surface area contributed by atoms with Crippen molar-refractivity contribution in [1.82, 2.24) is 4.90 Å². The molecule has 1 atom stereocenters. The highest BCUT2D eigenvalue weighted by molar-refractivity contribution is 6.30. The minimum Gasteiger partial charge on any atom is -0.484 e. The molecule has 1 aromatic rings. The lowest BCUT2D eigenvalue weighted by Gasteiger charge is -2.20. The van der Waals surface area contributed by atoms with Crippen molar-refractivity contribution in [2.75, 3.05) is 19.7 Å². The number of benzene rings is 1. The normalized spacial score (nSPS) is 21.4. The highest BCUT2D eigenvalue weighted by Gasteiger charge is 2.42. The van der Waals surface area contributed by atoms with Gasteiger partial charge in [-0.05, 0) is 25.5 Å². The van der Waals surface area contributed by atoms with Crippen LogP contribution in [0.25, 0.3) is 0 Å². The van der Waals surface area contributed by atoms with E-state index < -0.39 is 17.2 Å². The van der Waals surface area contributed by atoms with Crippen LogP contribution in [0.2, 0.25) is 5.02 Å². The fraction of sp³-hybridized carbons (Fsp3) is 0.429. The summed E-state index contributed by atoms with van der Waals surface area (Å²) in [7, 11) is 0. The van der Waals surface area contributed by atoms with Gasteiger partial charge in [-0.1, -0.05) is 11.6 Å². The number of carbonyl (C=O) groups is 2. The van der Waals surface area contributed by atoms with E-state index >= 15 is 0 Å². The molecular weight excluding hydrogens is 301 g/mol. The molecule has 0 spiro atoms. The Morgan fingerprint density at radius 3 is 2.81 bits per heavy atom. The molecule has 0 aromatic heterocycles. The van der Waals surface area contributed by atoms with Crippen LogP contribution in [0.5, 0.6) is 5.75 Å². The van der Waals surface area contributed by atoms with Crippen molar-refractivity contribution in [3.8, 4) is 5.75 Å². The van der Waals surface area contributed by atoms with Crippen molar-refractivity contribution in [2.24, 2.45) is 5.41 Å². The summed E-state index contributed by atoms with van der Waals surface area (Å²) in [5.41, 5.74) is -0.908. The first kappa shape index (κ1) is 15.6. The van der Waals surface area contributed by atoms with Crippen LogP contribution in [0, 0.1) is 11.2 Å². The molecular formula is C14H15ClFNO4. The zero-order valence-electron chi connectivity index (χ0n) is 11.4. The fourth-order valence-electron chi connectivity index (χ4n) is 2.15. The Morgan fingerprint density at radius 2 is 2.24 bits per heavy atom. The van der Waals surface area contributed by atoms with Gasteiger partial charge in [0.1, 0.15) is 11.6 Å². The number of carbonyl (C=O) groups excluding carboxylic acids is 1. The van der Waals surface area contributed by atoms with Gasteiger partial charge in [0.2, 0.25) is 0 Å². The summed E-state index contributed by atoms with van der Waals surface area (Å²) in [6.45, 7) is 1.92. The molecule has 1 amide bonds. The quantitative estimate of drug-likeness (QED) is 0.925. The van der Waals surface area contributed by atoms with Gasteiger partial charge in [-0.25, -0.2) is 4.39 Å². The predicted molar refractivity (Wildman–Crippen MR) is 73.8 cm³/mol. The molecule has 21 heavy (non-hydrogen) atoms. The number of hydrogen-bond acceptors (Lipinski definition) is 3. The van der Waals surface area contributed by atoms with Gasteiger partial charge in [0, 0.05) is 19.2 Å². The largest absolute Gasteiger partial charge is 0.484 e. The highest BCUT2D eigenvalue weighted by atomic mass is 35.5. The minimum absolute atomic E-state index is 0.0837. The molecule has 7 heteroatoms. The fourth-order valence-corrected chi connectivity index (χ4v) is 2.32. The average Bonchev–Trinajstić information content (AvgIpc) is 2.84. The Bertz CT molecular complexity index is 580. The van der Waals surface area contributed by atoms with E-state index in [0.29, 0.717) is 13.0 Å². The Balaban J connectivity index is 1.91. The van der Waals surface area contributed by atoms with Crippen LogP contribution >= 0.6 is 11.6 Å². The molecule has 1 heterocycles. The lowest BCUT2D eigenvalue weighted by Crippen LogP contribution is -2.37. The number of nitrogens with zero attached hydrogens (tertiary/aromatic N) is 1. The van der Waals surface area contributed by atoms with E-state index in [4.69, 9.17) is 21.4 Å². The average molecular weight is 316 g/mol. The monoisotopic (exact) mass is 315 g/mol. The Morgan fingerprint density at radius 1 is 1.52 bits per heavy atom. The maximum atomic E-state index is 13.0. The topological polar surface area (TPSA) is 66.8 Å². The molecule has 1 aliphatic heterocycles. The summed E-state index contributed by atoms with van der Waals surface area (Å²) in [4.78, 5) is 24.6. The first-order valence-electron chi connectivity index (χ1n) is 6.41. The highest BCUT2D eigenvalue weighted by Crippen LogP contribution is 2.30. The molecule has 5 nitrogen and oxygen atoms in total. The van der Waals surface area contributed by atoms with Crippen LogP contribution < -0.4 is 4.74 Å². The molecule has 1 saturated heterocycles. The molecule has 2 rings (SSSR count). The van der Waals surface area contributed by atoms with E-state index in [0.717, 1.165) is 6.07 Å². The summed E-state index contributed by atoms with van der Waals surface area (Å²) >= 11 is 5.61. The first-order valence-corrected chi connectivity index (χ1v) is 6.79. The van der Waals surface area contributed by atoms with Gasteiger partial charge in [0.25, 0.3) is 5.91 Å². The van der Waals surface area contributed by atoms with Gasteiger partial charge in [-0.15, -0.1) is 0 Å². The summed E-state index contributed by atoms with van der Waals surface area (Å²) in [5, 5.41) is 9.03. The maximum Gasteiger partial charge on any atom is 0.311 e. The predicted octanol–water partition coefficient (Wildman–Crippen LogP) is 2.18. The van der Waals surface area contributed by atoms with Crippen molar-refractivity contribution in [3.05, 3.63) is 29.0 Å². The number of carboxylic acid groups (broad SMARTS) is 1. The molecule has 1 fully saturated rings. The number of carboxylic acids is 1. The van der Waals surface area contributed by atoms with E-state index in [-0.39, 0.29) is 29.8 Å². The van der Waals surface area contributed by atoms with E-state index in [1.807, 2.05) is 0 Å². The van der Waals surface area contributed by atoms with Crippen LogP contribution in [0.3, 0.4) is 0 Å². The Kier molecular flexibility index (Phi) is 4.37. The minimum atomic E-state index is -0.913. The van der Waals surface area contributed by atoms with Crippen molar-refractivity contribution >= 4 is 23.5 Å². The summed E-state index contributed by atoms with van der Waals surface area (Å²) in [6.07, 6.45) is 0.413. The lowest BCUT2D eigenvalue weighted by atomic mass is 9.90. The number of aliphatic carboxylic acids is 1. The van der Waals surface area contributed by atoms with E-state index in [2.05, 4.69) is 0 Å². The number of halogens is 2. The van der Waals surface area contributed by atoms with Crippen LogP contribution in [-0.4, -0.2) is 41.6 Å². The zero-order valence-corrected chi connectivity index (χ0v) is 12.2. The molecule has 0 aliphatic carbocycles. The van der Waals surface area contributed by atoms with E-state index in [9.17, 15) is 14.0 Å². The number of likely N-dealkylation sites (tertiary alicyclic amines) is 1. The van der Waals surface area contributed by atoms with Crippen LogP contribution in [-0.2, 0) is 9.59 Å². The molecule has 0 radical (unpaired) electrons. The summed E-state index contributed by atoms with van der Waals surface area (Å²) in [6, 6.07) is 3.81. The van der Waals surface area contributed by atoms with Crippen molar-refractivity contribution in [2.45, 2.75) is 13.3 Å². The Hall–Kier alpha value is -1.82. The third-order valence-corrected chi connectivity index (χ3v) is 3.89. The summed E-state index contributed by atoms with van der Waals surface area (Å²) < 4.78 is 18.2. The molecule has 1 unspecified atom stereocenters. The van der Waals surface area contributed by atoms with Crippen LogP contribution in [0.4, 0.5) is 4.39 Å². The van der Waals surface area contributed by atoms with Gasteiger partial charge in [0.05, 0.1) is 10.4 Å². The van der Waals surface area contributed by atoms with Gasteiger partial charge < -0.3 is 14.7 Å². The number of hydrogen-bond donors (Lipinski definition) is 1. The summed E-state index contributed by atoms with van der Waals surface area (Å²) in [5.74, 6) is -1.49. The van der Waals surface area contributed by atoms with Gasteiger partial charge in [0.15, 0.2) is 6.61 Å². The van der Waals surface area contributed by atoms with Crippen molar-refractivity contribution < 1.29 is 23.8 Å². The second kappa shape index (κ2) is 5.89. The standard InChI is InChI=1S/C14H15ClFNO4/c1-14(13(19)20)4-5-17(8-14)12(18)7-21-9-2-3-11(16)10(15)6-9/h2-3,6H,4-5,7-8H2,1H3,(H,19,20). The third-order valence-electron chi connectivity index (χ3n) is 3.60. The lowest BCUT2D eigenvalue weighted by molar-refractivity contribution is -0.147. The molecule has 0 bridgehead atoms. The molecule has 1 N–H and O–H groups in total. The van der Waals surface area contributed by atoms with Crippen LogP contribution in [0.1, 0.15) is 13.3 Å². The van der Waals surface area contributed by atoms with Crippen molar-refractivity contribution in [3.63, 3.8) is 0 Å². The second-order valence-corrected chi connectivity index (χ2v) is 5.70. The number of rotatable bonds is 4. The van der Waals surface area contributed by atoms with Crippen LogP contribution in [0.15, 0.2) is 18.2 Å². The van der Waals surface area contributed by atoms with Crippen molar-refractivity contribution in [1.29, 1.82) is 0 Å². The Labute approximate surface area is 126 Å². The van der Waals surface area contributed by atoms with Gasteiger partial charge in [-0.3, -0.25) is 9.59 Å². The molecule has 1 aromatic carbocycles. The van der Waals surface area contributed by atoms with E-state index in [1.165, 1.54) is 17.0 Å². The first-order chi connectivity index (χ1) is 9.82. The third kappa shape index (κ3) is 3.44. The maximum absolute atomic E-state index is 13.0.